The summed E-state index contributed by atoms with van der Waals surface area (Å²) in [5.74, 6) is -2.14. The van der Waals surface area contributed by atoms with Gasteiger partial charge in [-0.2, -0.15) is 0 Å². The molecule has 0 aromatic heterocycles. The van der Waals surface area contributed by atoms with E-state index in [0.29, 0.717) is 22.3 Å². The molecule has 4 aromatic carbocycles. The number of rotatable bonds is 2. The summed E-state index contributed by atoms with van der Waals surface area (Å²) >= 11 is 9.53. The highest BCUT2D eigenvalue weighted by atomic mass is 35.5. The van der Waals surface area contributed by atoms with E-state index in [1.54, 1.807) is 48.5 Å². The van der Waals surface area contributed by atoms with Crippen LogP contribution in [0, 0.1) is 11.6 Å². The number of carbonyl (C=O) groups is 2. The van der Waals surface area contributed by atoms with E-state index in [1.807, 2.05) is 24.3 Å². The lowest BCUT2D eigenvalue weighted by Gasteiger charge is -2.20. The van der Waals surface area contributed by atoms with Crippen LogP contribution in [-0.4, -0.2) is 16.9 Å². The van der Waals surface area contributed by atoms with E-state index in [4.69, 9.17) is 23.2 Å². The lowest BCUT2D eigenvalue weighted by Crippen LogP contribution is -2.13. The molecule has 0 bridgehead atoms. The monoisotopic (exact) mass is 532 g/mol. The maximum absolute atomic E-state index is 13.8. The van der Waals surface area contributed by atoms with Crippen molar-refractivity contribution in [1.29, 1.82) is 0 Å². The number of alkyl halides is 2. The fraction of sp³-hybridized carbons (Fsp3) is 0.0968. The van der Waals surface area contributed by atoms with Crippen LogP contribution in [0.2, 0.25) is 0 Å². The zero-order chi connectivity index (χ0) is 26.1. The summed E-state index contributed by atoms with van der Waals surface area (Å²) in [6.07, 6.45) is 0. The molecule has 0 radical (unpaired) electrons. The molecule has 2 aliphatic rings. The van der Waals surface area contributed by atoms with Crippen LogP contribution in [0.3, 0.4) is 0 Å². The van der Waals surface area contributed by atoms with Crippen molar-refractivity contribution in [2.45, 2.75) is 11.8 Å². The Kier molecular flexibility index (Phi) is 7.05. The molecule has 2 atom stereocenters. The van der Waals surface area contributed by atoms with Gasteiger partial charge in [0, 0.05) is 34.1 Å². The van der Waals surface area contributed by atoms with Gasteiger partial charge < -0.3 is 0 Å². The molecule has 0 unspecified atom stereocenters. The molecular formula is C31H20Cl2F2O2. The predicted octanol–water partition coefficient (Wildman–Crippen LogP) is 8.04. The molecule has 2 aliphatic carbocycles. The van der Waals surface area contributed by atoms with Gasteiger partial charge in [-0.25, -0.2) is 8.78 Å². The maximum Gasteiger partial charge on any atom is 0.190 e. The van der Waals surface area contributed by atoms with E-state index >= 15 is 0 Å². The Hall–Kier alpha value is -3.60. The molecule has 6 rings (SSSR count). The minimum Gasteiger partial charge on any atom is -0.289 e. The number of fused-ring (bicyclic) bond motifs is 2. The largest absolute Gasteiger partial charge is 0.289 e. The molecule has 37 heavy (non-hydrogen) atoms. The summed E-state index contributed by atoms with van der Waals surface area (Å²) in [6.45, 7) is 0. The van der Waals surface area contributed by atoms with Crippen LogP contribution in [-0.2, 0) is 0 Å². The lowest BCUT2D eigenvalue weighted by atomic mass is 9.81. The Morgan fingerprint density at radius 1 is 0.541 bits per heavy atom. The smallest absolute Gasteiger partial charge is 0.190 e. The molecule has 0 spiro atoms. The van der Waals surface area contributed by atoms with Crippen LogP contribution >= 0.6 is 23.2 Å². The van der Waals surface area contributed by atoms with E-state index in [0.717, 1.165) is 22.3 Å². The topological polar surface area (TPSA) is 34.1 Å². The van der Waals surface area contributed by atoms with Crippen molar-refractivity contribution >= 4 is 34.8 Å². The van der Waals surface area contributed by atoms with Crippen LogP contribution in [0.15, 0.2) is 108 Å². The second kappa shape index (κ2) is 10.4. The second-order valence-corrected chi connectivity index (χ2v) is 9.54. The molecule has 6 heteroatoms. The highest BCUT2D eigenvalue weighted by Gasteiger charge is 2.45. The molecule has 0 N–H and O–H groups in total. The molecule has 0 saturated heterocycles. The second-order valence-electron chi connectivity index (χ2n) is 8.73. The Bertz CT molecular complexity index is 1410. The first kappa shape index (κ1) is 25.1. The molecule has 184 valence electrons. The van der Waals surface area contributed by atoms with Gasteiger partial charge in [-0.1, -0.05) is 72.8 Å². The normalized spacial score (nSPS) is 19.8. The van der Waals surface area contributed by atoms with Crippen LogP contribution in [0.4, 0.5) is 8.78 Å². The van der Waals surface area contributed by atoms with Crippen LogP contribution in [0.5, 0.6) is 0 Å². The summed E-state index contributed by atoms with van der Waals surface area (Å²) in [5, 5.41) is 0.194. The number of hydrogen-bond acceptors (Lipinski definition) is 2. The van der Waals surface area contributed by atoms with Crippen molar-refractivity contribution in [3.05, 3.63) is 153 Å². The molecule has 0 saturated carbocycles. The first-order valence-electron chi connectivity index (χ1n) is 11.6. The number of ketones is 2. The van der Waals surface area contributed by atoms with Crippen molar-refractivity contribution in [2.24, 2.45) is 0 Å². The van der Waals surface area contributed by atoms with Gasteiger partial charge in [-0.05, 0) is 46.5 Å². The minimum atomic E-state index is -0.500. The standard InChI is InChI=1S/C30H18F2O2.CH2Cl2/c31-19-13-9-17(10-14-19)25-21-5-1-3-7-23(21)29(33)27(25)28-26(18-11-15-20(32)16-12-18)22-6-2-4-8-24(22)30(28)34;2-1-3/h1-16,25-26H;1H2/b28-27+;/t25-,26-;/m1./s1. The minimum absolute atomic E-state index is 0.194. The quantitative estimate of drug-likeness (QED) is 0.193. The molecule has 2 nitrogen and oxygen atoms in total. The first-order valence-corrected chi connectivity index (χ1v) is 12.7. The Balaban J connectivity index is 0.000000892. The third kappa shape index (κ3) is 4.41. The van der Waals surface area contributed by atoms with Crippen LogP contribution in [0.25, 0.3) is 0 Å². The van der Waals surface area contributed by atoms with Gasteiger partial charge in [-0.15, -0.1) is 23.2 Å². The van der Waals surface area contributed by atoms with E-state index in [-0.39, 0.29) is 28.5 Å². The van der Waals surface area contributed by atoms with Crippen molar-refractivity contribution < 1.29 is 18.4 Å². The molecular weight excluding hydrogens is 513 g/mol. The average Bonchev–Trinajstić information content (AvgIpc) is 3.36. The van der Waals surface area contributed by atoms with Crippen LogP contribution in [0.1, 0.15) is 54.8 Å². The maximum atomic E-state index is 13.8. The summed E-state index contributed by atoms with van der Waals surface area (Å²) in [6, 6.07) is 26.7. The number of hydrogen-bond donors (Lipinski definition) is 0. The number of Topliss-reactive ketones (excluding diaryl/α,β-unsaturated/α-hetero) is 2. The molecule has 4 aromatic rings. The van der Waals surface area contributed by atoms with E-state index in [9.17, 15) is 18.4 Å². The van der Waals surface area contributed by atoms with Gasteiger partial charge in [0.2, 0.25) is 0 Å². The summed E-state index contributed by atoms with van der Waals surface area (Å²) in [5.41, 5.74) is 4.97. The average molecular weight is 533 g/mol. The van der Waals surface area contributed by atoms with E-state index < -0.39 is 11.8 Å². The zero-order valence-electron chi connectivity index (χ0n) is 19.4. The molecule has 0 amide bonds. The zero-order valence-corrected chi connectivity index (χ0v) is 20.9. The first-order chi connectivity index (χ1) is 18.0. The summed E-state index contributed by atoms with van der Waals surface area (Å²) in [4.78, 5) is 27.6. The van der Waals surface area contributed by atoms with Gasteiger partial charge in [0.1, 0.15) is 11.6 Å². The van der Waals surface area contributed by atoms with Gasteiger partial charge in [0.05, 0.1) is 5.34 Å². The highest BCUT2D eigenvalue weighted by Crippen LogP contribution is 2.51. The Morgan fingerprint density at radius 3 is 1.22 bits per heavy atom. The van der Waals surface area contributed by atoms with E-state index in [2.05, 4.69) is 0 Å². The number of allylic oxidation sites excluding steroid dienone is 2. The van der Waals surface area contributed by atoms with Crippen molar-refractivity contribution in [2.75, 3.05) is 5.34 Å². The lowest BCUT2D eigenvalue weighted by molar-refractivity contribution is 0.100. The Labute approximate surface area is 223 Å². The van der Waals surface area contributed by atoms with Crippen LogP contribution < -0.4 is 0 Å². The third-order valence-electron chi connectivity index (χ3n) is 6.80. The van der Waals surface area contributed by atoms with E-state index in [1.165, 1.54) is 24.3 Å². The van der Waals surface area contributed by atoms with Gasteiger partial charge >= 0.3 is 0 Å². The van der Waals surface area contributed by atoms with Gasteiger partial charge in [0.25, 0.3) is 0 Å². The van der Waals surface area contributed by atoms with Crippen molar-refractivity contribution in [3.63, 3.8) is 0 Å². The molecule has 0 fully saturated rings. The predicted molar refractivity (Wildman–Crippen MR) is 142 cm³/mol. The summed E-state index contributed by atoms with van der Waals surface area (Å²) < 4.78 is 27.5. The van der Waals surface area contributed by atoms with Gasteiger partial charge in [0.15, 0.2) is 11.6 Å². The third-order valence-corrected chi connectivity index (χ3v) is 6.80. The fourth-order valence-electron chi connectivity index (χ4n) is 5.33. The SMILES string of the molecule is ClCCl.O=C1/C(=C2/C(=O)c3ccccc3[C@H]2c2ccc(F)cc2)[C@H](c2ccc(F)cc2)c2ccccc21. The number of carbonyl (C=O) groups excluding carboxylic acids is 2. The van der Waals surface area contributed by atoms with Gasteiger partial charge in [-0.3, -0.25) is 9.59 Å². The molecule has 0 heterocycles. The molecule has 0 aliphatic heterocycles. The Morgan fingerprint density at radius 2 is 0.865 bits per heavy atom. The fourth-order valence-corrected chi connectivity index (χ4v) is 5.33. The number of halogens is 4. The highest BCUT2D eigenvalue weighted by molar-refractivity contribution is 6.40. The number of benzene rings is 4. The van der Waals surface area contributed by atoms with Crippen molar-refractivity contribution in [1.82, 2.24) is 0 Å². The van der Waals surface area contributed by atoms with Crippen molar-refractivity contribution in [3.8, 4) is 0 Å². The summed E-state index contributed by atoms with van der Waals surface area (Å²) in [7, 11) is 0.